The fourth-order valence-corrected chi connectivity index (χ4v) is 6.70. The van der Waals surface area contributed by atoms with Crippen molar-refractivity contribution in [3.8, 4) is 10.6 Å². The van der Waals surface area contributed by atoms with E-state index in [2.05, 4.69) is 10.3 Å². The van der Waals surface area contributed by atoms with Crippen molar-refractivity contribution < 1.29 is 13.2 Å². The minimum atomic E-state index is -3.74. The van der Waals surface area contributed by atoms with E-state index in [0.29, 0.717) is 15.0 Å². The van der Waals surface area contributed by atoms with Gasteiger partial charge in [0.1, 0.15) is 0 Å². The number of carbonyl (C=O) groups excluding carboxylic acids is 1. The third-order valence-electron chi connectivity index (χ3n) is 5.03. The Bertz CT molecular complexity index is 1380. The zero-order chi connectivity index (χ0) is 24.3. The Hall–Kier alpha value is -2.56. The Balaban J connectivity index is 1.48. The Kier molecular flexibility index (Phi) is 7.49. The van der Waals surface area contributed by atoms with Gasteiger partial charge in [0, 0.05) is 23.5 Å². The molecule has 0 atom stereocenters. The van der Waals surface area contributed by atoms with Gasteiger partial charge in [-0.3, -0.25) is 10.1 Å². The molecule has 2 aromatic carbocycles. The van der Waals surface area contributed by atoms with Crippen LogP contribution in [-0.4, -0.2) is 29.7 Å². The highest BCUT2D eigenvalue weighted by molar-refractivity contribution is 7.89. The lowest BCUT2D eigenvalue weighted by Gasteiger charge is -2.26. The number of nitrogens with one attached hydrogen (secondary N) is 1. The van der Waals surface area contributed by atoms with E-state index in [1.807, 2.05) is 55.6 Å². The molecule has 1 N–H and O–H groups in total. The van der Waals surface area contributed by atoms with Crippen molar-refractivity contribution in [2.24, 2.45) is 0 Å². The van der Waals surface area contributed by atoms with Gasteiger partial charge in [-0.2, -0.15) is 4.31 Å². The van der Waals surface area contributed by atoms with Crippen LogP contribution in [0, 0.1) is 0 Å². The lowest BCUT2D eigenvalue weighted by Crippen LogP contribution is -2.36. The van der Waals surface area contributed by atoms with E-state index in [4.69, 9.17) is 11.6 Å². The zero-order valence-corrected chi connectivity index (χ0v) is 21.6. The van der Waals surface area contributed by atoms with Crippen LogP contribution in [0.5, 0.6) is 0 Å². The molecule has 0 aliphatic carbocycles. The fraction of sp³-hybridized carbons (Fsp3) is 0.167. The van der Waals surface area contributed by atoms with Crippen molar-refractivity contribution in [1.29, 1.82) is 0 Å². The lowest BCUT2D eigenvalue weighted by atomic mass is 10.2. The number of thiophene rings is 1. The van der Waals surface area contributed by atoms with Crippen LogP contribution < -0.4 is 5.32 Å². The highest BCUT2D eigenvalue weighted by Gasteiger charge is 2.27. The van der Waals surface area contributed by atoms with Crippen LogP contribution >= 0.6 is 34.3 Å². The van der Waals surface area contributed by atoms with Gasteiger partial charge in [0.15, 0.2) is 5.13 Å². The van der Waals surface area contributed by atoms with Gasteiger partial charge in [-0.15, -0.1) is 22.7 Å². The molecule has 2 heterocycles. The van der Waals surface area contributed by atoms with E-state index in [0.717, 1.165) is 16.1 Å². The highest BCUT2D eigenvalue weighted by atomic mass is 35.5. The maximum absolute atomic E-state index is 13.3. The van der Waals surface area contributed by atoms with E-state index in [9.17, 15) is 13.2 Å². The molecule has 34 heavy (non-hydrogen) atoms. The largest absolute Gasteiger partial charge is 0.298 e. The van der Waals surface area contributed by atoms with Crippen molar-refractivity contribution in [2.75, 3.05) is 5.32 Å². The number of benzene rings is 2. The quantitative estimate of drug-likeness (QED) is 0.286. The van der Waals surface area contributed by atoms with Crippen molar-refractivity contribution in [3.63, 3.8) is 0 Å². The van der Waals surface area contributed by atoms with Crippen LogP contribution in [-0.2, 0) is 16.6 Å². The van der Waals surface area contributed by atoms with Crippen LogP contribution in [0.3, 0.4) is 0 Å². The number of rotatable bonds is 8. The SMILES string of the molecule is CC(C)N(Cc1ccccc1)S(=O)(=O)c1ccc(C(=O)Nc2nc(-c3ccc(Cl)s3)cs2)cc1. The molecule has 4 rings (SSSR count). The van der Waals surface area contributed by atoms with E-state index < -0.39 is 10.0 Å². The van der Waals surface area contributed by atoms with Gasteiger partial charge in [-0.1, -0.05) is 41.9 Å². The first-order valence-electron chi connectivity index (χ1n) is 10.4. The standard InChI is InChI=1S/C24H22ClN3O3S3/c1-16(2)28(14-17-6-4-3-5-7-17)34(30,31)19-10-8-18(9-11-19)23(29)27-24-26-20(15-32-24)21-12-13-22(25)33-21/h3-13,15-16H,14H2,1-2H3,(H,26,27,29). The topological polar surface area (TPSA) is 79.4 Å². The van der Waals surface area contributed by atoms with Crippen LogP contribution in [0.4, 0.5) is 5.13 Å². The first kappa shape index (κ1) is 24.6. The summed E-state index contributed by atoms with van der Waals surface area (Å²) in [6, 6.07) is 18.9. The Morgan fingerprint density at radius 3 is 2.38 bits per heavy atom. The number of nitrogens with zero attached hydrogens (tertiary/aromatic N) is 2. The summed E-state index contributed by atoms with van der Waals surface area (Å²) in [5.74, 6) is -0.362. The minimum absolute atomic E-state index is 0.139. The number of hydrogen-bond acceptors (Lipinski definition) is 6. The number of carbonyl (C=O) groups is 1. The van der Waals surface area contributed by atoms with Gasteiger partial charge in [-0.25, -0.2) is 13.4 Å². The van der Waals surface area contributed by atoms with Gasteiger partial charge in [-0.05, 0) is 55.8 Å². The number of aromatic nitrogens is 1. The van der Waals surface area contributed by atoms with Crippen LogP contribution in [0.15, 0.2) is 77.0 Å². The third kappa shape index (κ3) is 5.56. The predicted octanol–water partition coefficient (Wildman–Crippen LogP) is 6.38. The number of anilines is 1. The van der Waals surface area contributed by atoms with Crippen molar-refractivity contribution in [3.05, 3.63) is 87.6 Å². The van der Waals surface area contributed by atoms with Crippen LogP contribution in [0.2, 0.25) is 4.34 Å². The molecule has 0 aliphatic rings. The average molecular weight is 532 g/mol. The normalized spacial score (nSPS) is 11.8. The monoisotopic (exact) mass is 531 g/mol. The van der Waals surface area contributed by atoms with Gasteiger partial charge < -0.3 is 0 Å². The van der Waals surface area contributed by atoms with E-state index in [1.165, 1.54) is 51.2 Å². The maximum atomic E-state index is 13.3. The van der Waals surface area contributed by atoms with Gasteiger partial charge in [0.05, 0.1) is 19.8 Å². The summed E-state index contributed by atoms with van der Waals surface area (Å²) in [6.07, 6.45) is 0. The summed E-state index contributed by atoms with van der Waals surface area (Å²) in [5, 5.41) is 5.07. The molecule has 0 fully saturated rings. The zero-order valence-electron chi connectivity index (χ0n) is 18.4. The first-order valence-corrected chi connectivity index (χ1v) is 13.9. The number of hydrogen-bond donors (Lipinski definition) is 1. The second kappa shape index (κ2) is 10.4. The molecule has 10 heteroatoms. The van der Waals surface area contributed by atoms with E-state index >= 15 is 0 Å². The van der Waals surface area contributed by atoms with Crippen LogP contribution in [0.25, 0.3) is 10.6 Å². The average Bonchev–Trinajstić information content (AvgIpc) is 3.46. The molecule has 0 radical (unpaired) electrons. The third-order valence-corrected chi connectivity index (χ3v) is 9.08. The van der Waals surface area contributed by atoms with Crippen molar-refractivity contribution >= 4 is 55.3 Å². The minimum Gasteiger partial charge on any atom is -0.298 e. The second-order valence-electron chi connectivity index (χ2n) is 7.75. The van der Waals surface area contributed by atoms with Crippen LogP contribution in [0.1, 0.15) is 29.8 Å². The molecule has 0 unspecified atom stereocenters. The van der Waals surface area contributed by atoms with E-state index in [1.54, 1.807) is 6.07 Å². The Morgan fingerprint density at radius 2 is 1.76 bits per heavy atom. The highest BCUT2D eigenvalue weighted by Crippen LogP contribution is 2.33. The molecule has 0 saturated carbocycles. The molecule has 2 aromatic heterocycles. The summed E-state index contributed by atoms with van der Waals surface area (Å²) in [6.45, 7) is 3.95. The molecular weight excluding hydrogens is 510 g/mol. The summed E-state index contributed by atoms with van der Waals surface area (Å²) in [4.78, 5) is 18.2. The number of halogens is 1. The van der Waals surface area contributed by atoms with Crippen molar-refractivity contribution in [2.45, 2.75) is 31.3 Å². The number of amides is 1. The smallest absolute Gasteiger partial charge is 0.257 e. The molecule has 6 nitrogen and oxygen atoms in total. The fourth-order valence-electron chi connectivity index (χ4n) is 3.29. The summed E-state index contributed by atoms with van der Waals surface area (Å²) in [7, 11) is -3.74. The summed E-state index contributed by atoms with van der Waals surface area (Å²) >= 11 is 8.71. The Morgan fingerprint density at radius 1 is 1.06 bits per heavy atom. The molecule has 0 saturated heterocycles. The van der Waals surface area contributed by atoms with E-state index in [-0.39, 0.29) is 23.4 Å². The molecule has 4 aromatic rings. The number of sulfonamides is 1. The molecule has 0 spiro atoms. The molecule has 176 valence electrons. The summed E-state index contributed by atoms with van der Waals surface area (Å²) in [5.41, 5.74) is 1.99. The lowest BCUT2D eigenvalue weighted by molar-refractivity contribution is 0.102. The number of thiazole rings is 1. The van der Waals surface area contributed by atoms with Gasteiger partial charge in [0.25, 0.3) is 5.91 Å². The molecule has 1 amide bonds. The first-order chi connectivity index (χ1) is 16.2. The molecule has 0 aliphatic heterocycles. The summed E-state index contributed by atoms with van der Waals surface area (Å²) < 4.78 is 28.7. The van der Waals surface area contributed by atoms with Gasteiger partial charge in [0.2, 0.25) is 10.0 Å². The molecular formula is C24H22ClN3O3S3. The Labute approximate surface area is 211 Å². The van der Waals surface area contributed by atoms with Gasteiger partial charge >= 0.3 is 0 Å². The second-order valence-corrected chi connectivity index (χ2v) is 12.2. The predicted molar refractivity (Wildman–Crippen MR) is 139 cm³/mol. The molecule has 0 bridgehead atoms. The van der Waals surface area contributed by atoms with Crippen molar-refractivity contribution in [1.82, 2.24) is 9.29 Å². The maximum Gasteiger partial charge on any atom is 0.257 e.